The molecular formula is C19H25ClN2O3. The van der Waals surface area contributed by atoms with E-state index in [2.05, 4.69) is 0 Å². The zero-order chi connectivity index (χ0) is 17.6. The molecule has 5 nitrogen and oxygen atoms in total. The van der Waals surface area contributed by atoms with Crippen molar-refractivity contribution in [3.05, 3.63) is 34.9 Å². The number of amides is 2. The number of aryl methyl sites for hydroxylation is 1. The third-order valence-corrected chi connectivity index (χ3v) is 5.24. The zero-order valence-corrected chi connectivity index (χ0v) is 15.2. The van der Waals surface area contributed by atoms with Crippen LogP contribution in [0.3, 0.4) is 0 Å². The second-order valence-corrected chi connectivity index (χ2v) is 7.18. The first-order chi connectivity index (χ1) is 12.1. The van der Waals surface area contributed by atoms with E-state index < -0.39 is 0 Å². The second-order valence-electron chi connectivity index (χ2n) is 6.74. The Morgan fingerprint density at radius 3 is 2.52 bits per heavy atom. The fourth-order valence-corrected chi connectivity index (χ4v) is 3.63. The van der Waals surface area contributed by atoms with Crippen molar-refractivity contribution in [3.63, 3.8) is 0 Å². The highest BCUT2D eigenvalue weighted by atomic mass is 35.5. The highest BCUT2D eigenvalue weighted by Crippen LogP contribution is 2.21. The second kappa shape index (κ2) is 8.68. The number of carbonyl (C=O) groups excluding carboxylic acids is 2. The van der Waals surface area contributed by atoms with Crippen LogP contribution in [0.25, 0.3) is 0 Å². The molecule has 2 aliphatic rings. The molecule has 0 aliphatic carbocycles. The number of hydrogen-bond donors (Lipinski definition) is 0. The van der Waals surface area contributed by atoms with Gasteiger partial charge in [-0.3, -0.25) is 9.59 Å². The van der Waals surface area contributed by atoms with Gasteiger partial charge in [0.15, 0.2) is 0 Å². The first-order valence-electron chi connectivity index (χ1n) is 9.02. The molecule has 0 aromatic heterocycles. The van der Waals surface area contributed by atoms with Crippen LogP contribution >= 0.6 is 11.6 Å². The van der Waals surface area contributed by atoms with Crippen LogP contribution < -0.4 is 0 Å². The number of nitrogens with zero attached hydrogens (tertiary/aromatic N) is 2. The van der Waals surface area contributed by atoms with Gasteiger partial charge in [0, 0.05) is 37.6 Å². The minimum absolute atomic E-state index is 0.0636. The Balaban J connectivity index is 1.50. The molecule has 2 amide bonds. The number of morpholine rings is 1. The largest absolute Gasteiger partial charge is 0.378 e. The van der Waals surface area contributed by atoms with E-state index in [1.165, 1.54) is 0 Å². The van der Waals surface area contributed by atoms with Crippen LogP contribution in [0.1, 0.15) is 24.8 Å². The fourth-order valence-electron chi connectivity index (χ4n) is 3.51. The van der Waals surface area contributed by atoms with Crippen molar-refractivity contribution in [3.8, 4) is 0 Å². The van der Waals surface area contributed by atoms with Gasteiger partial charge in [-0.25, -0.2) is 0 Å². The lowest BCUT2D eigenvalue weighted by atomic mass is 9.95. The van der Waals surface area contributed by atoms with E-state index in [-0.39, 0.29) is 17.7 Å². The number of hydrogen-bond acceptors (Lipinski definition) is 3. The summed E-state index contributed by atoms with van der Waals surface area (Å²) in [5.41, 5.74) is 1.11. The van der Waals surface area contributed by atoms with E-state index in [0.29, 0.717) is 50.7 Å². The first kappa shape index (κ1) is 18.2. The van der Waals surface area contributed by atoms with Gasteiger partial charge in [-0.1, -0.05) is 23.7 Å². The third kappa shape index (κ3) is 4.95. The van der Waals surface area contributed by atoms with Crippen molar-refractivity contribution in [2.24, 2.45) is 5.92 Å². The lowest BCUT2D eigenvalue weighted by Gasteiger charge is -2.36. The van der Waals surface area contributed by atoms with Crippen LogP contribution in [0.5, 0.6) is 0 Å². The van der Waals surface area contributed by atoms with Gasteiger partial charge >= 0.3 is 0 Å². The van der Waals surface area contributed by atoms with Gasteiger partial charge in [-0.2, -0.15) is 0 Å². The maximum Gasteiger partial charge on any atom is 0.227 e. The average Bonchev–Trinajstić information content (AvgIpc) is 2.67. The van der Waals surface area contributed by atoms with Gasteiger partial charge < -0.3 is 14.5 Å². The van der Waals surface area contributed by atoms with Crippen LogP contribution in [-0.4, -0.2) is 61.0 Å². The zero-order valence-electron chi connectivity index (χ0n) is 14.5. The Morgan fingerprint density at radius 2 is 1.80 bits per heavy atom. The maximum atomic E-state index is 12.7. The predicted molar refractivity (Wildman–Crippen MR) is 96.5 cm³/mol. The van der Waals surface area contributed by atoms with Crippen molar-refractivity contribution in [1.82, 2.24) is 9.80 Å². The lowest BCUT2D eigenvalue weighted by Crippen LogP contribution is -2.49. The number of piperidine rings is 1. The summed E-state index contributed by atoms with van der Waals surface area (Å²) >= 11 is 5.89. The molecule has 1 aromatic rings. The number of ether oxygens (including phenoxy) is 1. The molecule has 136 valence electrons. The molecular weight excluding hydrogens is 340 g/mol. The average molecular weight is 365 g/mol. The van der Waals surface area contributed by atoms with Gasteiger partial charge in [0.05, 0.1) is 19.1 Å². The first-order valence-corrected chi connectivity index (χ1v) is 9.40. The van der Waals surface area contributed by atoms with E-state index >= 15 is 0 Å². The fraction of sp³-hybridized carbons (Fsp3) is 0.579. The Kier molecular flexibility index (Phi) is 6.32. The Morgan fingerprint density at radius 1 is 1.08 bits per heavy atom. The summed E-state index contributed by atoms with van der Waals surface area (Å²) in [5.74, 6) is 0.249. The highest BCUT2D eigenvalue weighted by Gasteiger charge is 2.31. The molecule has 2 saturated heterocycles. The topological polar surface area (TPSA) is 49.9 Å². The molecule has 0 N–H and O–H groups in total. The van der Waals surface area contributed by atoms with E-state index in [4.69, 9.17) is 16.3 Å². The van der Waals surface area contributed by atoms with Crippen molar-refractivity contribution < 1.29 is 14.3 Å². The normalized spacial score (nSPS) is 21.2. The molecule has 2 fully saturated rings. The molecule has 6 heteroatoms. The van der Waals surface area contributed by atoms with Crippen LogP contribution in [0.2, 0.25) is 5.02 Å². The quantitative estimate of drug-likeness (QED) is 0.824. The van der Waals surface area contributed by atoms with Gasteiger partial charge in [0.25, 0.3) is 0 Å². The van der Waals surface area contributed by atoms with Crippen LogP contribution in [0, 0.1) is 5.92 Å². The van der Waals surface area contributed by atoms with E-state index in [9.17, 15) is 9.59 Å². The maximum absolute atomic E-state index is 12.7. The number of likely N-dealkylation sites (tertiary alicyclic amines) is 1. The summed E-state index contributed by atoms with van der Waals surface area (Å²) in [5, 5.41) is 0.704. The van der Waals surface area contributed by atoms with Gasteiger partial charge in [-0.05, 0) is 37.0 Å². The number of halogens is 1. The Bertz CT molecular complexity index is 599. The molecule has 1 aromatic carbocycles. The molecule has 0 radical (unpaired) electrons. The predicted octanol–water partition coefficient (Wildman–Crippen LogP) is 2.37. The van der Waals surface area contributed by atoms with Crippen LogP contribution in [-0.2, 0) is 20.7 Å². The van der Waals surface area contributed by atoms with Crippen molar-refractivity contribution in [1.29, 1.82) is 0 Å². The summed E-state index contributed by atoms with van der Waals surface area (Å²) in [4.78, 5) is 28.9. The summed E-state index contributed by atoms with van der Waals surface area (Å²) in [6, 6.07) is 7.60. The number of rotatable bonds is 4. The van der Waals surface area contributed by atoms with Gasteiger partial charge in [-0.15, -0.1) is 0 Å². The Hall–Kier alpha value is -1.59. The number of benzene rings is 1. The van der Waals surface area contributed by atoms with Crippen LogP contribution in [0.15, 0.2) is 24.3 Å². The number of carbonyl (C=O) groups is 2. The van der Waals surface area contributed by atoms with Crippen LogP contribution in [0.4, 0.5) is 0 Å². The lowest BCUT2D eigenvalue weighted by molar-refractivity contribution is -0.144. The molecule has 2 aliphatic heterocycles. The standard InChI is InChI=1S/C19H25ClN2O3/c20-17-6-3-15(4-7-17)5-8-18(23)22-9-1-2-16(14-22)19(24)21-10-12-25-13-11-21/h3-4,6-7,16H,1-2,5,8-14H2. The molecule has 1 unspecified atom stereocenters. The smallest absolute Gasteiger partial charge is 0.227 e. The molecule has 3 rings (SSSR count). The summed E-state index contributed by atoms with van der Waals surface area (Å²) in [7, 11) is 0. The van der Waals surface area contributed by atoms with Gasteiger partial charge in [0.1, 0.15) is 0 Å². The van der Waals surface area contributed by atoms with E-state index in [0.717, 1.165) is 24.9 Å². The van der Waals surface area contributed by atoms with Crippen molar-refractivity contribution in [2.45, 2.75) is 25.7 Å². The van der Waals surface area contributed by atoms with E-state index in [1.807, 2.05) is 34.1 Å². The third-order valence-electron chi connectivity index (χ3n) is 4.99. The molecule has 0 bridgehead atoms. The minimum Gasteiger partial charge on any atom is -0.378 e. The summed E-state index contributed by atoms with van der Waals surface area (Å²) in [6.45, 7) is 3.87. The highest BCUT2D eigenvalue weighted by molar-refractivity contribution is 6.30. The molecule has 2 heterocycles. The minimum atomic E-state index is -0.0636. The molecule has 0 spiro atoms. The van der Waals surface area contributed by atoms with E-state index in [1.54, 1.807) is 0 Å². The van der Waals surface area contributed by atoms with Gasteiger partial charge in [0.2, 0.25) is 11.8 Å². The summed E-state index contributed by atoms with van der Waals surface area (Å²) < 4.78 is 5.31. The monoisotopic (exact) mass is 364 g/mol. The van der Waals surface area contributed by atoms with Crippen molar-refractivity contribution in [2.75, 3.05) is 39.4 Å². The Labute approximate surface area is 153 Å². The summed E-state index contributed by atoms with van der Waals surface area (Å²) in [6.07, 6.45) is 2.94. The molecule has 0 saturated carbocycles. The molecule has 1 atom stereocenters. The SMILES string of the molecule is O=C(CCc1ccc(Cl)cc1)N1CCCC(C(=O)N2CCOCC2)C1. The van der Waals surface area contributed by atoms with Crippen molar-refractivity contribution >= 4 is 23.4 Å². The molecule has 25 heavy (non-hydrogen) atoms.